The summed E-state index contributed by atoms with van der Waals surface area (Å²) in [5, 5.41) is 7.16. The third-order valence-electron chi connectivity index (χ3n) is 9.40. The average molecular weight is 602 g/mol. The summed E-state index contributed by atoms with van der Waals surface area (Å²) in [5.41, 5.74) is 9.27. The second-order valence-corrected chi connectivity index (χ2v) is 12.0. The standard InChI is InChI=1S/C44H31N3/c1-2-41-46-39-23-13-14-24-40(39)47(41)44-36-22-12-9-19-32(36)38(28-45-44)43-34-21-11-10-20-33(34)42(30-17-7-4-8-18-30)37-27-31(25-26-35(37)43)29-15-5-3-6-16-29/h3-28H,2H2,1H3. The normalized spacial score (nSPS) is 11.6. The predicted molar refractivity (Wildman–Crippen MR) is 197 cm³/mol. The minimum atomic E-state index is 0.812. The Balaban J connectivity index is 1.39. The smallest absolute Gasteiger partial charge is 0.146 e. The Labute approximate surface area is 273 Å². The van der Waals surface area contributed by atoms with Crippen molar-refractivity contribution >= 4 is 43.4 Å². The summed E-state index contributed by atoms with van der Waals surface area (Å²) in [4.78, 5) is 10.2. The van der Waals surface area contributed by atoms with Gasteiger partial charge in [0.2, 0.25) is 0 Å². The van der Waals surface area contributed by atoms with E-state index in [1.165, 1.54) is 54.7 Å². The molecule has 0 saturated heterocycles. The van der Waals surface area contributed by atoms with Crippen molar-refractivity contribution in [1.29, 1.82) is 0 Å². The minimum Gasteiger partial charge on any atom is -0.280 e. The lowest BCUT2D eigenvalue weighted by atomic mass is 9.84. The van der Waals surface area contributed by atoms with Crippen molar-refractivity contribution in [3.8, 4) is 39.2 Å². The topological polar surface area (TPSA) is 30.7 Å². The second kappa shape index (κ2) is 11.1. The highest BCUT2D eigenvalue weighted by Crippen LogP contribution is 2.46. The summed E-state index contributed by atoms with van der Waals surface area (Å²) in [7, 11) is 0. The number of benzene rings is 7. The van der Waals surface area contributed by atoms with Crippen molar-refractivity contribution < 1.29 is 0 Å². The van der Waals surface area contributed by atoms with Crippen LogP contribution in [-0.2, 0) is 6.42 Å². The maximum absolute atomic E-state index is 5.27. The minimum absolute atomic E-state index is 0.812. The van der Waals surface area contributed by atoms with Crippen molar-refractivity contribution in [2.45, 2.75) is 13.3 Å². The Morgan fingerprint density at radius 2 is 1.09 bits per heavy atom. The molecule has 9 aromatic rings. The number of aryl methyl sites for hydroxylation is 1. The summed E-state index contributed by atoms with van der Waals surface area (Å²) in [6.07, 6.45) is 2.90. The fourth-order valence-corrected chi connectivity index (χ4v) is 7.30. The molecule has 2 heterocycles. The van der Waals surface area contributed by atoms with Gasteiger partial charge in [0.25, 0.3) is 0 Å². The molecule has 7 aromatic carbocycles. The molecule has 0 radical (unpaired) electrons. The largest absolute Gasteiger partial charge is 0.280 e. The molecule has 0 unspecified atom stereocenters. The highest BCUT2D eigenvalue weighted by atomic mass is 15.1. The molecule has 0 aliphatic rings. The van der Waals surface area contributed by atoms with E-state index < -0.39 is 0 Å². The van der Waals surface area contributed by atoms with Gasteiger partial charge in [-0.1, -0.05) is 140 Å². The van der Waals surface area contributed by atoms with Gasteiger partial charge in [-0.05, 0) is 72.9 Å². The molecule has 3 nitrogen and oxygen atoms in total. The van der Waals surface area contributed by atoms with E-state index in [0.29, 0.717) is 0 Å². The molecular formula is C44H31N3. The van der Waals surface area contributed by atoms with Crippen LogP contribution in [0.15, 0.2) is 158 Å². The first kappa shape index (κ1) is 27.3. The van der Waals surface area contributed by atoms with Crippen LogP contribution >= 0.6 is 0 Å². The summed E-state index contributed by atoms with van der Waals surface area (Å²) in [5.74, 6) is 1.92. The molecule has 222 valence electrons. The van der Waals surface area contributed by atoms with Crippen LogP contribution in [0.1, 0.15) is 12.7 Å². The van der Waals surface area contributed by atoms with Crippen molar-refractivity contribution in [3.05, 3.63) is 164 Å². The second-order valence-electron chi connectivity index (χ2n) is 12.0. The Hall–Kier alpha value is -6.06. The number of imidazole rings is 1. The zero-order valence-corrected chi connectivity index (χ0v) is 26.1. The van der Waals surface area contributed by atoms with Gasteiger partial charge in [0.1, 0.15) is 11.6 Å². The number of para-hydroxylation sites is 2. The van der Waals surface area contributed by atoms with Crippen LogP contribution in [0.4, 0.5) is 0 Å². The molecule has 0 fully saturated rings. The number of hydrogen-bond acceptors (Lipinski definition) is 2. The Kier molecular flexibility index (Phi) is 6.43. The summed E-state index contributed by atoms with van der Waals surface area (Å²) < 4.78 is 2.24. The maximum atomic E-state index is 5.27. The molecule has 0 aliphatic carbocycles. The van der Waals surface area contributed by atoms with Crippen molar-refractivity contribution in [2.24, 2.45) is 0 Å². The number of aromatic nitrogens is 3. The van der Waals surface area contributed by atoms with Gasteiger partial charge < -0.3 is 0 Å². The van der Waals surface area contributed by atoms with E-state index in [-0.39, 0.29) is 0 Å². The molecule has 0 atom stereocenters. The quantitative estimate of drug-likeness (QED) is 0.184. The lowest BCUT2D eigenvalue weighted by molar-refractivity contribution is 0.891. The van der Waals surface area contributed by atoms with Gasteiger partial charge in [-0.2, -0.15) is 0 Å². The van der Waals surface area contributed by atoms with Crippen molar-refractivity contribution in [2.75, 3.05) is 0 Å². The lowest BCUT2D eigenvalue weighted by Crippen LogP contribution is -2.04. The van der Waals surface area contributed by atoms with Crippen molar-refractivity contribution in [3.63, 3.8) is 0 Å². The number of rotatable bonds is 5. The number of fused-ring (bicyclic) bond motifs is 4. The van der Waals surface area contributed by atoms with Gasteiger partial charge in [-0.25, -0.2) is 9.97 Å². The van der Waals surface area contributed by atoms with Crippen LogP contribution < -0.4 is 0 Å². The number of nitrogens with zero attached hydrogens (tertiary/aromatic N) is 3. The van der Waals surface area contributed by atoms with Crippen LogP contribution in [0, 0.1) is 0 Å². The monoisotopic (exact) mass is 601 g/mol. The molecule has 47 heavy (non-hydrogen) atoms. The first-order chi connectivity index (χ1) is 23.3. The van der Waals surface area contributed by atoms with E-state index >= 15 is 0 Å². The summed E-state index contributed by atoms with van der Waals surface area (Å²) in [6, 6.07) is 54.3. The van der Waals surface area contributed by atoms with E-state index in [4.69, 9.17) is 9.97 Å². The molecule has 2 aromatic heterocycles. The average Bonchev–Trinajstić information content (AvgIpc) is 3.52. The highest BCUT2D eigenvalue weighted by molar-refractivity contribution is 6.24. The molecule has 0 aliphatic heterocycles. The first-order valence-electron chi connectivity index (χ1n) is 16.2. The third-order valence-corrected chi connectivity index (χ3v) is 9.40. The molecule has 0 amide bonds. The zero-order valence-electron chi connectivity index (χ0n) is 26.1. The zero-order chi connectivity index (χ0) is 31.3. The molecular weight excluding hydrogens is 571 g/mol. The van der Waals surface area contributed by atoms with Crippen LogP contribution in [0.2, 0.25) is 0 Å². The Bertz CT molecular complexity index is 2600. The van der Waals surface area contributed by atoms with Crippen LogP contribution in [0.25, 0.3) is 82.5 Å². The molecule has 0 bridgehead atoms. The van der Waals surface area contributed by atoms with E-state index in [9.17, 15) is 0 Å². The summed E-state index contributed by atoms with van der Waals surface area (Å²) >= 11 is 0. The first-order valence-corrected chi connectivity index (χ1v) is 16.2. The van der Waals surface area contributed by atoms with Gasteiger partial charge in [0, 0.05) is 23.6 Å². The Morgan fingerprint density at radius 1 is 0.489 bits per heavy atom. The van der Waals surface area contributed by atoms with E-state index in [0.717, 1.165) is 40.0 Å². The molecule has 0 N–H and O–H groups in total. The van der Waals surface area contributed by atoms with Crippen molar-refractivity contribution in [1.82, 2.24) is 14.5 Å². The van der Waals surface area contributed by atoms with Gasteiger partial charge >= 0.3 is 0 Å². The maximum Gasteiger partial charge on any atom is 0.146 e. The van der Waals surface area contributed by atoms with E-state index in [2.05, 4.69) is 163 Å². The summed E-state index contributed by atoms with van der Waals surface area (Å²) in [6.45, 7) is 2.16. The number of pyridine rings is 1. The van der Waals surface area contributed by atoms with Crippen LogP contribution in [-0.4, -0.2) is 14.5 Å². The molecule has 0 spiro atoms. The van der Waals surface area contributed by atoms with Crippen LogP contribution in [0.3, 0.4) is 0 Å². The highest BCUT2D eigenvalue weighted by Gasteiger charge is 2.21. The molecule has 0 saturated carbocycles. The third kappa shape index (κ3) is 4.35. The Morgan fingerprint density at radius 3 is 1.83 bits per heavy atom. The predicted octanol–water partition coefficient (Wildman–Crippen LogP) is 11.4. The number of hydrogen-bond donors (Lipinski definition) is 0. The van der Waals surface area contributed by atoms with Gasteiger partial charge in [0.05, 0.1) is 11.0 Å². The fourth-order valence-electron chi connectivity index (χ4n) is 7.30. The van der Waals surface area contributed by atoms with Gasteiger partial charge in [-0.15, -0.1) is 0 Å². The lowest BCUT2D eigenvalue weighted by Gasteiger charge is -2.20. The van der Waals surface area contributed by atoms with E-state index in [1.807, 2.05) is 6.07 Å². The van der Waals surface area contributed by atoms with Crippen LogP contribution in [0.5, 0.6) is 0 Å². The van der Waals surface area contributed by atoms with Gasteiger partial charge in [-0.3, -0.25) is 4.57 Å². The van der Waals surface area contributed by atoms with Gasteiger partial charge in [0.15, 0.2) is 0 Å². The molecule has 9 rings (SSSR count). The molecule has 3 heteroatoms. The fraction of sp³-hybridized carbons (Fsp3) is 0.0455. The SMILES string of the molecule is CCc1nc2ccccc2n1-c1ncc(-c2c3ccccc3c(-c3ccccc3)c3cc(-c4ccccc4)ccc23)c2ccccc12. The van der Waals surface area contributed by atoms with E-state index in [1.54, 1.807) is 0 Å².